The van der Waals surface area contributed by atoms with Gasteiger partial charge in [-0.15, -0.1) is 0 Å². The predicted octanol–water partition coefficient (Wildman–Crippen LogP) is 1.36. The van der Waals surface area contributed by atoms with Crippen LogP contribution in [-0.4, -0.2) is 114 Å². The van der Waals surface area contributed by atoms with Crippen LogP contribution in [0.15, 0.2) is 11.6 Å². The first-order chi connectivity index (χ1) is 21.7. The van der Waals surface area contributed by atoms with Crippen LogP contribution in [0.1, 0.15) is 93.4 Å². The van der Waals surface area contributed by atoms with Gasteiger partial charge < -0.3 is 55.1 Å². The van der Waals surface area contributed by atoms with E-state index in [1.54, 1.807) is 0 Å². The molecule has 8 N–H and O–H groups in total. The van der Waals surface area contributed by atoms with Crippen LogP contribution in [0.25, 0.3) is 0 Å². The molecule has 4 saturated carbocycles. The molecule has 7 rings (SSSR count). The zero-order valence-electron chi connectivity index (χ0n) is 29.0. The fourth-order valence-corrected chi connectivity index (χ4v) is 12.9. The van der Waals surface area contributed by atoms with Crippen molar-refractivity contribution >= 4 is 0 Å². The smallest absolute Gasteiger partial charge is 0.196 e. The minimum Gasteiger partial charge on any atom is -0.394 e. The highest BCUT2D eigenvalue weighted by molar-refractivity contribution is 5.47. The van der Waals surface area contributed by atoms with Gasteiger partial charge in [0, 0.05) is 11.3 Å². The number of hydrogen-bond donors (Lipinski definition) is 8. The van der Waals surface area contributed by atoms with E-state index in [1.165, 1.54) is 19.4 Å². The fraction of sp³-hybridized carbons (Fsp3) is 0.944. The fourth-order valence-electron chi connectivity index (χ4n) is 12.9. The molecule has 0 amide bonds. The van der Waals surface area contributed by atoms with E-state index in [1.807, 2.05) is 0 Å². The maximum Gasteiger partial charge on any atom is 0.196 e. The summed E-state index contributed by atoms with van der Waals surface area (Å²) in [6, 6.07) is 0. The first-order valence-electron chi connectivity index (χ1n) is 17.8. The highest BCUT2D eigenvalue weighted by atomic mass is 16.7. The first-order valence-corrected chi connectivity index (χ1v) is 17.8. The zero-order chi connectivity index (χ0) is 34.5. The van der Waals surface area contributed by atoms with Crippen LogP contribution in [0, 0.1) is 44.8 Å². The Morgan fingerprint density at radius 1 is 1.02 bits per heavy atom. The molecule has 0 bridgehead atoms. The Morgan fingerprint density at radius 3 is 2.34 bits per heavy atom. The van der Waals surface area contributed by atoms with Gasteiger partial charge in [-0.1, -0.05) is 46.3 Å². The second kappa shape index (κ2) is 10.4. The van der Waals surface area contributed by atoms with Crippen LogP contribution in [0.3, 0.4) is 0 Å². The van der Waals surface area contributed by atoms with Gasteiger partial charge in [-0.05, 0) is 92.3 Å². The molecule has 268 valence electrons. The molecule has 11 nitrogen and oxygen atoms in total. The van der Waals surface area contributed by atoms with Crippen molar-refractivity contribution < 1.29 is 55.1 Å². The molecule has 0 aromatic carbocycles. The molecule has 2 aliphatic heterocycles. The molecule has 7 aliphatic rings. The molecule has 2 saturated heterocycles. The monoisotopic (exact) mass is 666 g/mol. The lowest BCUT2D eigenvalue weighted by molar-refractivity contribution is -0.340. The van der Waals surface area contributed by atoms with E-state index < -0.39 is 77.8 Å². The molecule has 6 fully saturated rings. The number of aliphatic hydroxyl groups excluding tert-OH is 6. The van der Waals surface area contributed by atoms with E-state index in [0.29, 0.717) is 12.8 Å². The predicted molar refractivity (Wildman–Crippen MR) is 168 cm³/mol. The number of ether oxygens (including phenoxy) is 3. The first kappa shape index (κ1) is 34.7. The zero-order valence-corrected chi connectivity index (χ0v) is 29.0. The Hall–Kier alpha value is -0.700. The Morgan fingerprint density at radius 2 is 1.70 bits per heavy atom. The molecule has 0 unspecified atom stereocenters. The van der Waals surface area contributed by atoms with Crippen LogP contribution in [0.2, 0.25) is 0 Å². The van der Waals surface area contributed by atoms with E-state index in [-0.39, 0.29) is 40.1 Å². The van der Waals surface area contributed by atoms with Crippen molar-refractivity contribution in [1.29, 1.82) is 0 Å². The van der Waals surface area contributed by atoms with Crippen molar-refractivity contribution in [2.75, 3.05) is 6.61 Å². The molecule has 47 heavy (non-hydrogen) atoms. The highest BCUT2D eigenvalue weighted by Gasteiger charge is 2.85. The third-order valence-corrected chi connectivity index (χ3v) is 15.4. The van der Waals surface area contributed by atoms with Gasteiger partial charge in [-0.25, -0.2) is 0 Å². The highest BCUT2D eigenvalue weighted by Crippen LogP contribution is 2.88. The third kappa shape index (κ3) is 4.19. The van der Waals surface area contributed by atoms with E-state index in [9.17, 15) is 40.9 Å². The van der Waals surface area contributed by atoms with E-state index in [2.05, 4.69) is 40.7 Å². The Kier molecular flexibility index (Phi) is 7.71. The number of allylic oxidation sites excluding steroid dienone is 1. The van der Waals surface area contributed by atoms with E-state index in [4.69, 9.17) is 14.2 Å². The second-order valence-corrected chi connectivity index (χ2v) is 18.2. The number of aliphatic hydroxyl groups is 8. The van der Waals surface area contributed by atoms with Crippen LogP contribution in [0.5, 0.6) is 0 Å². The standard InChI is InChI=1S/C36H58O11/c1-17-14-18(27(41)31(4,5)43)47-36(44)26(17)32(6)12-13-35-16-34(35)11-10-22(46-28-25(40)24(39)23(38)19(15-37)45-28)30(2,3)20(34)8-9-21(35)33(32,7)29(36)42/h9,17-20,22-29,37-44H,8,10-16H2,1-7H3/t17-,18-,19-,20+,22+,23+,24+,25-,26-,27-,28+,29+,32-,33-,34-,35+,36+/m1/s1. The van der Waals surface area contributed by atoms with E-state index >= 15 is 0 Å². The SMILES string of the molecule is C[C@@H]1C[C@H]([C@@H](O)C(C)(C)O)O[C@]2(O)[C@@H](O)[C@@]3(C)C4=CC[C@H]5C(C)(C)[C@@H](O[C@@H]6O[C@H](CO)[C@H](O)[C@H](O)[C@H]6O)CC[C@@]56C[C@@]46CC[C@]3(C)[C@@H]12. The molecule has 11 heteroatoms. The minimum atomic E-state index is -1.88. The van der Waals surface area contributed by atoms with Gasteiger partial charge in [-0.2, -0.15) is 0 Å². The number of hydrogen-bond acceptors (Lipinski definition) is 11. The van der Waals surface area contributed by atoms with Gasteiger partial charge in [0.2, 0.25) is 0 Å². The summed E-state index contributed by atoms with van der Waals surface area (Å²) >= 11 is 0. The van der Waals surface area contributed by atoms with E-state index in [0.717, 1.165) is 32.1 Å². The maximum absolute atomic E-state index is 12.4. The molecular weight excluding hydrogens is 608 g/mol. The Balaban J connectivity index is 1.19. The summed E-state index contributed by atoms with van der Waals surface area (Å²) in [5.41, 5.74) is -1.92. The van der Waals surface area contributed by atoms with Crippen molar-refractivity contribution in [2.45, 2.75) is 160 Å². The van der Waals surface area contributed by atoms with Gasteiger partial charge in [0.15, 0.2) is 12.1 Å². The lowest BCUT2D eigenvalue weighted by atomic mass is 9.44. The normalized spacial score (nSPS) is 57.1. The lowest BCUT2D eigenvalue weighted by Crippen LogP contribution is -2.61. The molecule has 2 spiro atoms. The summed E-state index contributed by atoms with van der Waals surface area (Å²) in [5, 5.41) is 87.4. The summed E-state index contributed by atoms with van der Waals surface area (Å²) in [4.78, 5) is 0. The number of fused-ring (bicyclic) bond motifs is 4. The third-order valence-electron chi connectivity index (χ3n) is 15.4. The van der Waals surface area contributed by atoms with Crippen LogP contribution >= 0.6 is 0 Å². The molecule has 17 atom stereocenters. The second-order valence-electron chi connectivity index (χ2n) is 18.2. The summed E-state index contributed by atoms with van der Waals surface area (Å²) in [6.07, 6.45) is -2.28. The minimum absolute atomic E-state index is 0.0115. The number of rotatable bonds is 5. The summed E-state index contributed by atoms with van der Waals surface area (Å²) in [7, 11) is 0. The average Bonchev–Trinajstić information content (AvgIpc) is 3.63. The van der Waals surface area contributed by atoms with Crippen molar-refractivity contribution in [3.63, 3.8) is 0 Å². The van der Waals surface area contributed by atoms with Gasteiger partial charge in [-0.3, -0.25) is 0 Å². The maximum atomic E-state index is 12.4. The topological polar surface area (TPSA) is 190 Å². The lowest BCUT2D eigenvalue weighted by Gasteiger charge is -2.60. The summed E-state index contributed by atoms with van der Waals surface area (Å²) < 4.78 is 18.5. The summed E-state index contributed by atoms with van der Waals surface area (Å²) in [5.74, 6) is -2.06. The molecular formula is C36H58O11. The van der Waals surface area contributed by atoms with Gasteiger partial charge >= 0.3 is 0 Å². The van der Waals surface area contributed by atoms with Crippen molar-refractivity contribution in [1.82, 2.24) is 0 Å². The molecule has 0 radical (unpaired) electrons. The van der Waals surface area contributed by atoms with Crippen LogP contribution in [-0.2, 0) is 14.2 Å². The molecule has 0 aromatic rings. The van der Waals surface area contributed by atoms with Gasteiger partial charge in [0.05, 0.1) is 24.4 Å². The van der Waals surface area contributed by atoms with Crippen molar-refractivity contribution in [2.24, 2.45) is 44.8 Å². The molecule has 0 aromatic heterocycles. The van der Waals surface area contributed by atoms with Crippen molar-refractivity contribution in [3.8, 4) is 0 Å². The molecule has 2 heterocycles. The van der Waals surface area contributed by atoms with Crippen LogP contribution < -0.4 is 0 Å². The van der Waals surface area contributed by atoms with Crippen LogP contribution in [0.4, 0.5) is 0 Å². The molecule has 5 aliphatic carbocycles. The Bertz CT molecular complexity index is 1300. The van der Waals surface area contributed by atoms with Gasteiger partial charge in [0.25, 0.3) is 0 Å². The quantitative estimate of drug-likeness (QED) is 0.198. The average molecular weight is 667 g/mol. The Labute approximate surface area is 277 Å². The largest absolute Gasteiger partial charge is 0.394 e. The summed E-state index contributed by atoms with van der Waals surface area (Å²) in [6.45, 7) is 13.3. The van der Waals surface area contributed by atoms with Crippen molar-refractivity contribution in [3.05, 3.63) is 11.6 Å². The van der Waals surface area contributed by atoms with Gasteiger partial charge in [0.1, 0.15) is 36.6 Å².